The van der Waals surface area contributed by atoms with Gasteiger partial charge in [-0.15, -0.1) is 0 Å². The van der Waals surface area contributed by atoms with Gasteiger partial charge in [0.1, 0.15) is 0 Å². The van der Waals surface area contributed by atoms with Crippen molar-refractivity contribution < 1.29 is 9.90 Å². The first kappa shape index (κ1) is 10.6. The Morgan fingerprint density at radius 2 is 2.50 bits per heavy atom. The standard InChI is InChI=1S/C11H13N3O2/c1-8-6-11(16,14(13-8)9(2)15)10-4-3-5-12-7-10/h3-5,7,13,16H,1,6H2,2H3. The molecule has 1 saturated heterocycles. The van der Waals surface area contributed by atoms with Crippen molar-refractivity contribution >= 4 is 5.91 Å². The van der Waals surface area contributed by atoms with Gasteiger partial charge in [0.25, 0.3) is 0 Å². The Bertz CT molecular complexity index is 432. The fourth-order valence-electron chi connectivity index (χ4n) is 1.84. The Labute approximate surface area is 93.4 Å². The molecule has 2 heterocycles. The van der Waals surface area contributed by atoms with Gasteiger partial charge in [0.15, 0.2) is 5.72 Å². The van der Waals surface area contributed by atoms with Crippen molar-refractivity contribution in [1.82, 2.24) is 15.4 Å². The van der Waals surface area contributed by atoms with Crippen molar-refractivity contribution in [2.75, 3.05) is 0 Å². The molecule has 0 aliphatic carbocycles. The SMILES string of the molecule is C=C1CC(O)(c2cccnc2)N(C(C)=O)N1. The number of aliphatic hydroxyl groups is 1. The molecular formula is C11H13N3O2. The Kier molecular flexibility index (Phi) is 2.40. The average molecular weight is 219 g/mol. The molecule has 1 aliphatic heterocycles. The highest BCUT2D eigenvalue weighted by molar-refractivity contribution is 5.74. The molecule has 84 valence electrons. The first-order valence-corrected chi connectivity index (χ1v) is 4.92. The monoisotopic (exact) mass is 219 g/mol. The summed E-state index contributed by atoms with van der Waals surface area (Å²) in [7, 11) is 0. The van der Waals surface area contributed by atoms with Gasteiger partial charge in [-0.2, -0.15) is 0 Å². The number of aromatic nitrogens is 1. The van der Waals surface area contributed by atoms with E-state index in [-0.39, 0.29) is 12.3 Å². The minimum Gasteiger partial charge on any atom is -0.365 e. The molecule has 0 aromatic carbocycles. The number of rotatable bonds is 1. The van der Waals surface area contributed by atoms with Crippen molar-refractivity contribution in [3.8, 4) is 0 Å². The molecule has 0 spiro atoms. The van der Waals surface area contributed by atoms with Gasteiger partial charge in [-0.05, 0) is 6.07 Å². The number of carbonyl (C=O) groups excluding carboxylic acids is 1. The minimum absolute atomic E-state index is 0.262. The summed E-state index contributed by atoms with van der Waals surface area (Å²) in [5.41, 5.74) is 2.53. The fourth-order valence-corrected chi connectivity index (χ4v) is 1.84. The van der Waals surface area contributed by atoms with Crippen molar-refractivity contribution in [3.05, 3.63) is 42.4 Å². The number of hydrogen-bond donors (Lipinski definition) is 2. The lowest BCUT2D eigenvalue weighted by molar-refractivity contribution is -0.159. The van der Waals surface area contributed by atoms with Gasteiger partial charge in [-0.3, -0.25) is 15.2 Å². The van der Waals surface area contributed by atoms with Gasteiger partial charge in [-0.1, -0.05) is 12.6 Å². The largest absolute Gasteiger partial charge is 0.365 e. The molecule has 1 unspecified atom stereocenters. The van der Waals surface area contributed by atoms with Crippen LogP contribution in [0.3, 0.4) is 0 Å². The zero-order valence-electron chi connectivity index (χ0n) is 8.97. The third-order valence-electron chi connectivity index (χ3n) is 2.54. The summed E-state index contributed by atoms with van der Waals surface area (Å²) >= 11 is 0. The topological polar surface area (TPSA) is 65.5 Å². The first-order chi connectivity index (χ1) is 7.54. The summed E-state index contributed by atoms with van der Waals surface area (Å²) in [6.07, 6.45) is 3.41. The van der Waals surface area contributed by atoms with Crippen molar-refractivity contribution in [2.45, 2.75) is 19.1 Å². The summed E-state index contributed by atoms with van der Waals surface area (Å²) in [6, 6.07) is 3.44. The average Bonchev–Trinajstić information content (AvgIpc) is 2.57. The maximum absolute atomic E-state index is 11.4. The number of pyridine rings is 1. The molecule has 0 radical (unpaired) electrons. The second-order valence-corrected chi connectivity index (χ2v) is 3.80. The first-order valence-electron chi connectivity index (χ1n) is 4.92. The lowest BCUT2D eigenvalue weighted by Gasteiger charge is -2.31. The quantitative estimate of drug-likeness (QED) is 0.721. The molecule has 0 bridgehead atoms. The maximum atomic E-state index is 11.4. The van der Waals surface area contributed by atoms with Gasteiger partial charge in [0.05, 0.1) is 0 Å². The van der Waals surface area contributed by atoms with E-state index < -0.39 is 5.72 Å². The Morgan fingerprint density at radius 3 is 3.06 bits per heavy atom. The molecule has 1 aromatic heterocycles. The Morgan fingerprint density at radius 1 is 1.75 bits per heavy atom. The maximum Gasteiger partial charge on any atom is 0.240 e. The van der Waals surface area contributed by atoms with Gasteiger partial charge in [0.2, 0.25) is 5.91 Å². The predicted octanol–water partition coefficient (Wildman–Crippen LogP) is 0.497. The van der Waals surface area contributed by atoms with E-state index in [0.29, 0.717) is 11.3 Å². The van der Waals surface area contributed by atoms with Crippen LogP contribution < -0.4 is 5.43 Å². The van der Waals surface area contributed by atoms with E-state index in [1.165, 1.54) is 18.1 Å². The third kappa shape index (κ3) is 1.55. The van der Waals surface area contributed by atoms with Crippen LogP contribution in [0.2, 0.25) is 0 Å². The smallest absolute Gasteiger partial charge is 0.240 e. The van der Waals surface area contributed by atoms with E-state index in [4.69, 9.17) is 0 Å². The molecule has 16 heavy (non-hydrogen) atoms. The molecule has 2 rings (SSSR count). The van der Waals surface area contributed by atoms with E-state index in [0.717, 1.165) is 0 Å². The Balaban J connectivity index is 2.43. The molecule has 2 N–H and O–H groups in total. The Hall–Kier alpha value is -1.88. The van der Waals surface area contributed by atoms with Crippen LogP contribution in [0.5, 0.6) is 0 Å². The number of hydrazine groups is 1. The normalized spacial score (nSPS) is 24.4. The van der Waals surface area contributed by atoms with Crippen molar-refractivity contribution in [1.29, 1.82) is 0 Å². The number of nitrogens with zero attached hydrogens (tertiary/aromatic N) is 2. The van der Waals surface area contributed by atoms with Crippen LogP contribution in [-0.4, -0.2) is 21.0 Å². The molecule has 1 aromatic rings. The summed E-state index contributed by atoms with van der Waals surface area (Å²) in [4.78, 5) is 15.4. The summed E-state index contributed by atoms with van der Waals surface area (Å²) in [5, 5.41) is 11.7. The van der Waals surface area contributed by atoms with Crippen LogP contribution in [0, 0.1) is 0 Å². The molecule has 5 heteroatoms. The summed E-state index contributed by atoms with van der Waals surface area (Å²) in [6.45, 7) is 5.10. The van der Waals surface area contributed by atoms with Crippen LogP contribution in [0.15, 0.2) is 36.8 Å². The van der Waals surface area contributed by atoms with E-state index in [1.54, 1.807) is 18.3 Å². The summed E-state index contributed by atoms with van der Waals surface area (Å²) < 4.78 is 0. The van der Waals surface area contributed by atoms with Crippen LogP contribution >= 0.6 is 0 Å². The second-order valence-electron chi connectivity index (χ2n) is 3.80. The molecule has 1 aliphatic rings. The summed E-state index contributed by atoms with van der Waals surface area (Å²) in [5.74, 6) is -0.273. The zero-order chi connectivity index (χ0) is 11.8. The predicted molar refractivity (Wildman–Crippen MR) is 57.5 cm³/mol. The van der Waals surface area contributed by atoms with Gasteiger partial charge in [-0.25, -0.2) is 5.01 Å². The van der Waals surface area contributed by atoms with Crippen LogP contribution in [0.4, 0.5) is 0 Å². The lowest BCUT2D eigenvalue weighted by atomic mass is 10.0. The number of nitrogens with one attached hydrogen (secondary N) is 1. The van der Waals surface area contributed by atoms with Crippen molar-refractivity contribution in [3.63, 3.8) is 0 Å². The molecule has 1 amide bonds. The van der Waals surface area contributed by atoms with Gasteiger partial charge >= 0.3 is 0 Å². The van der Waals surface area contributed by atoms with E-state index in [2.05, 4.69) is 17.0 Å². The van der Waals surface area contributed by atoms with E-state index in [1.807, 2.05) is 0 Å². The lowest BCUT2D eigenvalue weighted by Crippen LogP contribution is -2.48. The minimum atomic E-state index is -1.39. The molecule has 0 saturated carbocycles. The molecular weight excluding hydrogens is 206 g/mol. The highest BCUT2D eigenvalue weighted by atomic mass is 16.3. The van der Waals surface area contributed by atoms with Crippen LogP contribution in [-0.2, 0) is 10.5 Å². The highest BCUT2D eigenvalue weighted by Gasteiger charge is 2.44. The van der Waals surface area contributed by atoms with Crippen LogP contribution in [0.1, 0.15) is 18.9 Å². The fraction of sp³-hybridized carbons (Fsp3) is 0.273. The zero-order valence-corrected chi connectivity index (χ0v) is 8.97. The van der Waals surface area contributed by atoms with Gasteiger partial charge in [0, 0.05) is 37.0 Å². The number of amides is 1. The van der Waals surface area contributed by atoms with Crippen molar-refractivity contribution in [2.24, 2.45) is 0 Å². The third-order valence-corrected chi connectivity index (χ3v) is 2.54. The molecule has 1 atom stereocenters. The molecule has 5 nitrogen and oxygen atoms in total. The van der Waals surface area contributed by atoms with Gasteiger partial charge < -0.3 is 5.11 Å². The number of carbonyl (C=O) groups is 1. The van der Waals surface area contributed by atoms with Crippen LogP contribution in [0.25, 0.3) is 0 Å². The molecule has 1 fully saturated rings. The number of hydrogen-bond acceptors (Lipinski definition) is 4. The van der Waals surface area contributed by atoms with E-state index in [9.17, 15) is 9.90 Å². The van der Waals surface area contributed by atoms with E-state index >= 15 is 0 Å². The second kappa shape index (κ2) is 3.61. The highest BCUT2D eigenvalue weighted by Crippen LogP contribution is 2.35.